The Morgan fingerprint density at radius 3 is 2.38 bits per heavy atom. The third-order valence-electron chi connectivity index (χ3n) is 4.06. The molecular weight excluding hydrogens is 416 g/mol. The number of carbonyl (C=O) groups excluding carboxylic acids is 1. The Balaban J connectivity index is 1.94. The van der Waals surface area contributed by atoms with E-state index in [2.05, 4.69) is 5.32 Å². The van der Waals surface area contributed by atoms with E-state index in [1.165, 1.54) is 0 Å². The predicted molar refractivity (Wildman–Crippen MR) is 113 cm³/mol. The lowest BCUT2D eigenvalue weighted by Gasteiger charge is -2.22. The van der Waals surface area contributed by atoms with Crippen molar-refractivity contribution in [1.82, 2.24) is 9.62 Å². The van der Waals surface area contributed by atoms with Crippen LogP contribution in [0.2, 0.25) is 5.02 Å². The van der Waals surface area contributed by atoms with E-state index in [0.717, 1.165) is 10.6 Å². The number of amides is 1. The van der Waals surface area contributed by atoms with Gasteiger partial charge in [0, 0.05) is 11.6 Å². The number of nitrogens with one attached hydrogen (secondary N) is 1. The molecule has 0 aliphatic rings. The van der Waals surface area contributed by atoms with Gasteiger partial charge in [-0.25, -0.2) is 8.42 Å². The van der Waals surface area contributed by atoms with Crippen LogP contribution < -0.4 is 14.8 Å². The molecule has 0 aliphatic heterocycles. The molecule has 29 heavy (non-hydrogen) atoms. The molecule has 0 aliphatic carbocycles. The monoisotopic (exact) mass is 440 g/mol. The number of methoxy groups -OCH3 is 1. The van der Waals surface area contributed by atoms with E-state index in [1.807, 2.05) is 12.1 Å². The molecule has 2 rings (SSSR count). The molecule has 0 saturated carbocycles. The van der Waals surface area contributed by atoms with Gasteiger partial charge < -0.3 is 14.8 Å². The normalized spacial score (nSPS) is 12.4. The molecular formula is C20H25ClN2O5S. The van der Waals surface area contributed by atoms with Crippen LogP contribution in [-0.4, -0.2) is 51.2 Å². The highest BCUT2D eigenvalue weighted by atomic mass is 35.5. The van der Waals surface area contributed by atoms with E-state index < -0.39 is 15.9 Å². The lowest BCUT2D eigenvalue weighted by Crippen LogP contribution is -2.44. The Morgan fingerprint density at radius 1 is 1.14 bits per heavy atom. The average molecular weight is 441 g/mol. The third-order valence-corrected chi connectivity index (χ3v) is 5.62. The lowest BCUT2D eigenvalue weighted by molar-refractivity contribution is -0.122. The number of carbonyl (C=O) groups is 1. The van der Waals surface area contributed by atoms with Crippen molar-refractivity contribution in [2.75, 3.05) is 26.5 Å². The number of nitrogens with zero attached hydrogens (tertiary/aromatic N) is 1. The molecule has 0 aromatic heterocycles. The summed E-state index contributed by atoms with van der Waals surface area (Å²) in [5.41, 5.74) is 0.625. The zero-order valence-electron chi connectivity index (χ0n) is 16.6. The molecule has 2 aromatic rings. The van der Waals surface area contributed by atoms with Gasteiger partial charge in [0.15, 0.2) is 11.5 Å². The average Bonchev–Trinajstić information content (AvgIpc) is 2.67. The molecule has 0 heterocycles. The minimum absolute atomic E-state index is 0.0119. The van der Waals surface area contributed by atoms with Gasteiger partial charge in [0.1, 0.15) is 6.61 Å². The molecule has 2 aromatic carbocycles. The van der Waals surface area contributed by atoms with Crippen molar-refractivity contribution in [3.63, 3.8) is 0 Å². The summed E-state index contributed by atoms with van der Waals surface area (Å²) in [6.45, 7) is 1.67. The van der Waals surface area contributed by atoms with Crippen molar-refractivity contribution >= 4 is 27.5 Å². The fourth-order valence-electron chi connectivity index (χ4n) is 2.58. The zero-order valence-corrected chi connectivity index (χ0v) is 18.2. The summed E-state index contributed by atoms with van der Waals surface area (Å²) >= 11 is 6.11. The Hall–Kier alpha value is -2.29. The number of hydrogen-bond acceptors (Lipinski definition) is 5. The number of para-hydroxylation sites is 2. The molecule has 0 fully saturated rings. The first-order valence-electron chi connectivity index (χ1n) is 8.94. The quantitative estimate of drug-likeness (QED) is 0.614. The predicted octanol–water partition coefficient (Wildman–Crippen LogP) is 2.69. The maximum absolute atomic E-state index is 12.4. The first-order valence-corrected chi connectivity index (χ1v) is 11.2. The Morgan fingerprint density at radius 2 is 1.76 bits per heavy atom. The highest BCUT2D eigenvalue weighted by Crippen LogP contribution is 2.25. The maximum atomic E-state index is 12.4. The summed E-state index contributed by atoms with van der Waals surface area (Å²) in [5.74, 6) is 0.722. The van der Waals surface area contributed by atoms with Gasteiger partial charge in [-0.1, -0.05) is 41.9 Å². The minimum atomic E-state index is -3.61. The second-order valence-electron chi connectivity index (χ2n) is 6.55. The Labute approximate surface area is 176 Å². The van der Waals surface area contributed by atoms with Crippen LogP contribution in [-0.2, 0) is 21.4 Å². The van der Waals surface area contributed by atoms with Crippen LogP contribution in [0.4, 0.5) is 0 Å². The highest BCUT2D eigenvalue weighted by Gasteiger charge is 2.22. The van der Waals surface area contributed by atoms with Gasteiger partial charge in [0.05, 0.1) is 26.0 Å². The second kappa shape index (κ2) is 10.5. The van der Waals surface area contributed by atoms with Crippen molar-refractivity contribution in [1.29, 1.82) is 0 Å². The summed E-state index contributed by atoms with van der Waals surface area (Å²) in [5, 5.41) is 3.19. The fraction of sp³-hybridized carbons (Fsp3) is 0.350. The van der Waals surface area contributed by atoms with Gasteiger partial charge in [-0.15, -0.1) is 0 Å². The van der Waals surface area contributed by atoms with E-state index in [9.17, 15) is 13.2 Å². The third kappa shape index (κ3) is 7.23. The largest absolute Gasteiger partial charge is 0.493 e. The van der Waals surface area contributed by atoms with E-state index in [0.29, 0.717) is 22.1 Å². The van der Waals surface area contributed by atoms with Gasteiger partial charge in [-0.05, 0) is 30.7 Å². The van der Waals surface area contributed by atoms with Crippen LogP contribution in [0, 0.1) is 0 Å². The smallest absolute Gasteiger partial charge is 0.235 e. The molecule has 1 N–H and O–H groups in total. The first kappa shape index (κ1) is 23.0. The highest BCUT2D eigenvalue weighted by molar-refractivity contribution is 7.88. The number of benzene rings is 2. The van der Waals surface area contributed by atoms with Crippen LogP contribution in [0.1, 0.15) is 12.5 Å². The molecule has 1 unspecified atom stereocenters. The summed E-state index contributed by atoms with van der Waals surface area (Å²) in [6, 6.07) is 13.8. The fourth-order valence-corrected chi connectivity index (χ4v) is 3.50. The van der Waals surface area contributed by atoms with E-state index in [1.54, 1.807) is 50.4 Å². The zero-order chi connectivity index (χ0) is 21.4. The molecule has 1 atom stereocenters. The van der Waals surface area contributed by atoms with Crippen LogP contribution in [0.25, 0.3) is 0 Å². The van der Waals surface area contributed by atoms with Crippen LogP contribution in [0.5, 0.6) is 11.5 Å². The summed E-state index contributed by atoms with van der Waals surface area (Å²) in [4.78, 5) is 12.4. The van der Waals surface area contributed by atoms with Crippen molar-refractivity contribution in [3.05, 3.63) is 59.1 Å². The van der Waals surface area contributed by atoms with Gasteiger partial charge >= 0.3 is 0 Å². The van der Waals surface area contributed by atoms with Gasteiger partial charge in [0.25, 0.3) is 0 Å². The maximum Gasteiger partial charge on any atom is 0.235 e. The molecule has 0 spiro atoms. The molecule has 0 saturated heterocycles. The van der Waals surface area contributed by atoms with Crippen LogP contribution in [0.15, 0.2) is 48.5 Å². The van der Waals surface area contributed by atoms with Gasteiger partial charge in [-0.3, -0.25) is 4.79 Å². The molecule has 158 valence electrons. The second-order valence-corrected chi connectivity index (χ2v) is 8.94. The standard InChI is InChI=1S/C20H25ClN2O5S/c1-15(14-28-19-11-7-6-10-18(19)27-2)22-20(24)13-23(29(3,25)26)12-16-8-4-5-9-17(16)21/h4-11,15H,12-14H2,1-3H3,(H,22,24). The van der Waals surface area contributed by atoms with E-state index in [4.69, 9.17) is 21.1 Å². The molecule has 1 amide bonds. The van der Waals surface area contributed by atoms with Gasteiger partial charge in [0.2, 0.25) is 15.9 Å². The SMILES string of the molecule is COc1ccccc1OCC(C)NC(=O)CN(Cc1ccccc1Cl)S(C)(=O)=O. The van der Waals surface area contributed by atoms with E-state index >= 15 is 0 Å². The van der Waals surface area contributed by atoms with Crippen LogP contribution >= 0.6 is 11.6 Å². The number of ether oxygens (including phenoxy) is 2. The van der Waals surface area contributed by atoms with Crippen LogP contribution in [0.3, 0.4) is 0 Å². The number of halogens is 1. The number of hydrogen-bond donors (Lipinski definition) is 1. The van der Waals surface area contributed by atoms with Crippen molar-refractivity contribution in [2.24, 2.45) is 0 Å². The summed E-state index contributed by atoms with van der Waals surface area (Å²) in [6.07, 6.45) is 1.06. The number of sulfonamides is 1. The van der Waals surface area contributed by atoms with Crippen molar-refractivity contribution in [2.45, 2.75) is 19.5 Å². The minimum Gasteiger partial charge on any atom is -0.493 e. The van der Waals surface area contributed by atoms with Gasteiger partial charge in [-0.2, -0.15) is 4.31 Å². The van der Waals surface area contributed by atoms with Crippen molar-refractivity contribution in [3.8, 4) is 11.5 Å². The summed E-state index contributed by atoms with van der Waals surface area (Å²) < 4.78 is 36.2. The van der Waals surface area contributed by atoms with E-state index in [-0.39, 0.29) is 25.7 Å². The topological polar surface area (TPSA) is 84.9 Å². The number of rotatable bonds is 10. The van der Waals surface area contributed by atoms with Crippen molar-refractivity contribution < 1.29 is 22.7 Å². The molecule has 0 radical (unpaired) electrons. The molecule has 0 bridgehead atoms. The Kier molecular flexibility index (Phi) is 8.31. The molecule has 7 nitrogen and oxygen atoms in total. The Bertz CT molecular complexity index is 936. The summed E-state index contributed by atoms with van der Waals surface area (Å²) in [7, 11) is -2.06. The lowest BCUT2D eigenvalue weighted by atomic mass is 10.2. The molecule has 9 heteroatoms. The first-order chi connectivity index (χ1) is 13.7.